The van der Waals surface area contributed by atoms with Gasteiger partial charge in [0, 0.05) is 0 Å². The topological polar surface area (TPSA) is 23.1 Å². The van der Waals surface area contributed by atoms with E-state index in [0.717, 1.165) is 18.6 Å². The van der Waals surface area contributed by atoms with Crippen molar-refractivity contribution < 1.29 is 4.55 Å². The van der Waals surface area contributed by atoms with E-state index in [9.17, 15) is 4.55 Å². The van der Waals surface area contributed by atoms with Gasteiger partial charge in [0.15, 0.2) is 0 Å². The third-order valence-electron chi connectivity index (χ3n) is 1.44. The third-order valence-corrected chi connectivity index (χ3v) is 2.18. The van der Waals surface area contributed by atoms with Crippen LogP contribution < -0.4 is 0 Å². The summed E-state index contributed by atoms with van der Waals surface area (Å²) < 4.78 is 10.7. The van der Waals surface area contributed by atoms with Gasteiger partial charge >= 0.3 is 0 Å². The van der Waals surface area contributed by atoms with Crippen molar-refractivity contribution in [3.63, 3.8) is 0 Å². The van der Waals surface area contributed by atoms with Crippen LogP contribution in [0.5, 0.6) is 0 Å². The van der Waals surface area contributed by atoms with E-state index in [0.29, 0.717) is 0 Å². The number of hydrogen-bond donors (Lipinski definition) is 0. The molecular weight excluding hydrogens is 144 g/mol. The molecule has 1 atom stereocenters. The second kappa shape index (κ2) is 3.84. The molecule has 1 aliphatic carbocycles. The van der Waals surface area contributed by atoms with E-state index >= 15 is 0 Å². The van der Waals surface area contributed by atoms with Gasteiger partial charge in [-0.2, -0.15) is 0 Å². The summed E-state index contributed by atoms with van der Waals surface area (Å²) in [6.07, 6.45) is 10.4. The molecule has 0 radical (unpaired) electrons. The van der Waals surface area contributed by atoms with Crippen LogP contribution in [0.2, 0.25) is 0 Å². The summed E-state index contributed by atoms with van der Waals surface area (Å²) in [6, 6.07) is 0. The first-order chi connectivity index (χ1) is 4.79. The van der Waals surface area contributed by atoms with Crippen molar-refractivity contribution in [3.8, 4) is 0 Å². The van der Waals surface area contributed by atoms with Crippen molar-refractivity contribution in [3.05, 3.63) is 23.8 Å². The smallest absolute Gasteiger partial charge is 0.130 e. The summed E-state index contributed by atoms with van der Waals surface area (Å²) >= 11 is -0.683. The monoisotopic (exact) mass is 156 g/mol. The molecule has 0 aliphatic heterocycles. The van der Waals surface area contributed by atoms with E-state index in [2.05, 4.69) is 18.2 Å². The second-order valence-corrected chi connectivity index (χ2v) is 3.91. The van der Waals surface area contributed by atoms with Gasteiger partial charge in [0.2, 0.25) is 0 Å². The van der Waals surface area contributed by atoms with Gasteiger partial charge in [0.1, 0.15) is 5.75 Å². The highest BCUT2D eigenvalue weighted by atomic mass is 32.2. The lowest BCUT2D eigenvalue weighted by molar-refractivity contribution is 0.603. The summed E-state index contributed by atoms with van der Waals surface area (Å²) in [6.45, 7) is 0. The Morgan fingerprint density at radius 2 is 2.40 bits per heavy atom. The lowest BCUT2D eigenvalue weighted by Crippen LogP contribution is -2.05. The third kappa shape index (κ3) is 2.58. The Morgan fingerprint density at radius 3 is 2.90 bits per heavy atom. The second-order valence-electron chi connectivity index (χ2n) is 2.48. The van der Waals surface area contributed by atoms with Crippen LogP contribution >= 0.6 is 0 Å². The van der Waals surface area contributed by atoms with E-state index < -0.39 is 11.2 Å². The molecule has 0 heterocycles. The molecule has 0 amide bonds. The molecule has 2 heteroatoms. The molecule has 0 fully saturated rings. The van der Waals surface area contributed by atoms with E-state index in [1.54, 1.807) is 6.26 Å². The molecule has 0 saturated carbocycles. The van der Waals surface area contributed by atoms with E-state index in [1.165, 1.54) is 5.57 Å². The summed E-state index contributed by atoms with van der Waals surface area (Å²) in [7, 11) is 0. The Bertz CT molecular complexity index is 159. The molecule has 0 aromatic carbocycles. The van der Waals surface area contributed by atoms with Gasteiger partial charge in [-0.15, -0.1) is 0 Å². The molecule has 1 aliphatic rings. The van der Waals surface area contributed by atoms with Gasteiger partial charge in [-0.1, -0.05) is 29.4 Å². The van der Waals surface area contributed by atoms with Gasteiger partial charge in [-0.25, -0.2) is 0 Å². The van der Waals surface area contributed by atoms with E-state index in [1.807, 2.05) is 0 Å². The first kappa shape index (κ1) is 7.89. The summed E-state index contributed by atoms with van der Waals surface area (Å²) in [5.41, 5.74) is 1.23. The van der Waals surface area contributed by atoms with Crippen molar-refractivity contribution in [1.29, 1.82) is 0 Å². The number of rotatable bonds is 2. The highest BCUT2D eigenvalue weighted by Crippen LogP contribution is 2.10. The van der Waals surface area contributed by atoms with E-state index in [4.69, 9.17) is 0 Å². The molecule has 56 valence electrons. The molecule has 0 N–H and O–H groups in total. The van der Waals surface area contributed by atoms with Gasteiger partial charge in [0.05, 0.1) is 6.26 Å². The average Bonchev–Trinajstić information content (AvgIpc) is 1.88. The maximum atomic E-state index is 10.7. The maximum absolute atomic E-state index is 10.7. The minimum absolute atomic E-state index is 0.683. The maximum Gasteiger partial charge on any atom is 0.130 e. The highest BCUT2D eigenvalue weighted by molar-refractivity contribution is 7.90. The van der Waals surface area contributed by atoms with Crippen LogP contribution in [0.15, 0.2) is 23.8 Å². The largest absolute Gasteiger partial charge is 0.616 e. The molecule has 10 heavy (non-hydrogen) atoms. The normalized spacial score (nSPS) is 20.4. The lowest BCUT2D eigenvalue weighted by Gasteiger charge is -2.07. The van der Waals surface area contributed by atoms with Crippen molar-refractivity contribution in [2.75, 3.05) is 12.0 Å². The van der Waals surface area contributed by atoms with Crippen LogP contribution in [0.25, 0.3) is 0 Å². The molecule has 0 saturated heterocycles. The average molecular weight is 156 g/mol. The summed E-state index contributed by atoms with van der Waals surface area (Å²) in [4.78, 5) is 0. The Balaban J connectivity index is 2.40. The van der Waals surface area contributed by atoms with Crippen molar-refractivity contribution >= 4 is 11.2 Å². The zero-order valence-electron chi connectivity index (χ0n) is 6.17. The molecule has 1 unspecified atom stereocenters. The van der Waals surface area contributed by atoms with E-state index in [-0.39, 0.29) is 0 Å². The van der Waals surface area contributed by atoms with Gasteiger partial charge in [-0.05, 0) is 18.4 Å². The Labute approximate surface area is 65.0 Å². The first-order valence-electron chi connectivity index (χ1n) is 3.44. The van der Waals surface area contributed by atoms with Crippen molar-refractivity contribution in [2.45, 2.75) is 12.8 Å². The van der Waals surface area contributed by atoms with Crippen molar-refractivity contribution in [1.82, 2.24) is 0 Å². The van der Waals surface area contributed by atoms with Crippen LogP contribution in [0, 0.1) is 0 Å². The van der Waals surface area contributed by atoms with Crippen molar-refractivity contribution in [2.24, 2.45) is 0 Å². The standard InChI is InChI=1S/C8H12OS/c1-10(9)7-8-5-3-2-4-6-8/h3,5-6H,2,4,7H2,1H3. The first-order valence-corrected chi connectivity index (χ1v) is 5.17. The fourth-order valence-corrected chi connectivity index (χ4v) is 1.69. The predicted octanol–water partition coefficient (Wildman–Crippen LogP) is 1.64. The molecule has 1 nitrogen and oxygen atoms in total. The van der Waals surface area contributed by atoms with Gasteiger partial charge < -0.3 is 4.55 Å². The Morgan fingerprint density at radius 1 is 1.60 bits per heavy atom. The predicted molar refractivity (Wildman–Crippen MR) is 45.4 cm³/mol. The quantitative estimate of drug-likeness (QED) is 0.557. The molecular formula is C8H12OS. The Kier molecular flexibility index (Phi) is 3.03. The van der Waals surface area contributed by atoms with Gasteiger partial charge in [0.25, 0.3) is 0 Å². The molecule has 0 bridgehead atoms. The summed E-state index contributed by atoms with van der Waals surface area (Å²) in [5.74, 6) is 0.719. The van der Waals surface area contributed by atoms with Crippen LogP contribution in [0.1, 0.15) is 12.8 Å². The zero-order valence-corrected chi connectivity index (χ0v) is 6.99. The van der Waals surface area contributed by atoms with Crippen LogP contribution in [-0.4, -0.2) is 16.6 Å². The lowest BCUT2D eigenvalue weighted by atomic mass is 10.1. The summed E-state index contributed by atoms with van der Waals surface area (Å²) in [5, 5.41) is 0. The molecule has 1 rings (SSSR count). The fourth-order valence-electron chi connectivity index (χ4n) is 1.01. The minimum atomic E-state index is -0.683. The number of hydrogen-bond acceptors (Lipinski definition) is 1. The van der Waals surface area contributed by atoms with Crippen LogP contribution in [0.3, 0.4) is 0 Å². The molecule has 0 aromatic rings. The SMILES string of the molecule is C[S+]([O-])CC1=CCCC=C1. The number of allylic oxidation sites excluding steroid dienone is 3. The minimum Gasteiger partial charge on any atom is -0.616 e. The van der Waals surface area contributed by atoms with Gasteiger partial charge in [-0.3, -0.25) is 0 Å². The molecule has 0 spiro atoms. The Hall–Kier alpha value is -0.210. The zero-order chi connectivity index (χ0) is 7.40. The van der Waals surface area contributed by atoms with Crippen LogP contribution in [-0.2, 0) is 11.2 Å². The molecule has 0 aromatic heterocycles. The highest BCUT2D eigenvalue weighted by Gasteiger charge is 2.02. The van der Waals surface area contributed by atoms with Crippen LogP contribution in [0.4, 0.5) is 0 Å². The fraction of sp³-hybridized carbons (Fsp3) is 0.500.